The van der Waals surface area contributed by atoms with Crippen molar-refractivity contribution >= 4 is 5.91 Å². The Morgan fingerprint density at radius 3 is 1.36 bits per heavy atom. The Kier molecular flexibility index (Phi) is 33.3. The summed E-state index contributed by atoms with van der Waals surface area (Å²) in [7, 11) is 0. The van der Waals surface area contributed by atoms with E-state index in [4.69, 9.17) is 9.47 Å². The molecule has 1 fully saturated rings. The minimum absolute atomic E-state index is 0.264. The number of unbranched alkanes of at least 4 members (excludes halogenated alkanes) is 26. The van der Waals surface area contributed by atoms with Crippen LogP contribution in [-0.4, -0.2) is 110 Å². The van der Waals surface area contributed by atoms with E-state index in [0.29, 0.717) is 12.8 Å². The maximum absolute atomic E-state index is 12.9. The van der Waals surface area contributed by atoms with E-state index < -0.39 is 74.2 Å². The van der Waals surface area contributed by atoms with Crippen LogP contribution in [-0.2, 0) is 14.3 Å². The van der Waals surface area contributed by atoms with Crippen molar-refractivity contribution in [1.82, 2.24) is 5.32 Å². The third-order valence-corrected chi connectivity index (χ3v) is 11.4. The number of carbonyl (C=O) groups is 1. The molecule has 0 aromatic heterocycles. The fraction of sp³-hybridized carbons (Fsp3) is 0.977. The largest absolute Gasteiger partial charge is 0.394 e. The fourth-order valence-corrected chi connectivity index (χ4v) is 7.54. The Balaban J connectivity index is 2.11. The molecule has 1 aliphatic rings. The van der Waals surface area contributed by atoms with Crippen LogP contribution in [0.3, 0.4) is 0 Å². The van der Waals surface area contributed by atoms with Crippen molar-refractivity contribution in [3.8, 4) is 0 Å². The molecule has 55 heavy (non-hydrogen) atoms. The topological polar surface area (TPSA) is 189 Å². The van der Waals surface area contributed by atoms with Crippen molar-refractivity contribution in [2.45, 2.75) is 262 Å². The molecule has 1 heterocycles. The molecule has 0 saturated carbocycles. The highest BCUT2D eigenvalue weighted by Gasteiger charge is 2.44. The van der Waals surface area contributed by atoms with E-state index in [1.165, 1.54) is 141 Å². The summed E-state index contributed by atoms with van der Waals surface area (Å²) in [5.41, 5.74) is 0. The standard InChI is InChI=1S/C44H87NO10/c1-3-5-7-8-9-10-11-12-13-14-15-16-17-18-19-20-21-22-23-24-25-26-27-28-29-30-32-37(48)43(53)45-35(39(49)36(47)31-6-4-2)34-54-44-42(52)41(51)40(50)38(33-46)55-44/h35-42,44,46-52H,3-34H2,1-2H3,(H,45,53). The lowest BCUT2D eigenvalue weighted by atomic mass is 9.99. The van der Waals surface area contributed by atoms with Gasteiger partial charge in [-0.2, -0.15) is 0 Å². The maximum Gasteiger partial charge on any atom is 0.249 e. The number of aliphatic hydroxyl groups excluding tert-OH is 7. The number of carbonyl (C=O) groups excluding carboxylic acids is 1. The number of rotatable bonds is 38. The van der Waals surface area contributed by atoms with E-state index in [1.807, 2.05) is 6.92 Å². The van der Waals surface area contributed by atoms with Crippen LogP contribution in [0.15, 0.2) is 0 Å². The molecule has 0 aliphatic carbocycles. The van der Waals surface area contributed by atoms with Crippen LogP contribution < -0.4 is 5.32 Å². The molecule has 1 rings (SSSR count). The lowest BCUT2D eigenvalue weighted by Gasteiger charge is -2.40. The van der Waals surface area contributed by atoms with Gasteiger partial charge in [-0.15, -0.1) is 0 Å². The van der Waals surface area contributed by atoms with E-state index >= 15 is 0 Å². The molecule has 11 heteroatoms. The van der Waals surface area contributed by atoms with Crippen molar-refractivity contribution in [1.29, 1.82) is 0 Å². The van der Waals surface area contributed by atoms with E-state index in [-0.39, 0.29) is 12.8 Å². The van der Waals surface area contributed by atoms with Gasteiger partial charge in [0.05, 0.1) is 25.4 Å². The number of hydrogen-bond donors (Lipinski definition) is 8. The van der Waals surface area contributed by atoms with Crippen LogP contribution >= 0.6 is 0 Å². The molecule has 8 N–H and O–H groups in total. The number of hydrogen-bond acceptors (Lipinski definition) is 10. The van der Waals surface area contributed by atoms with Gasteiger partial charge in [0.2, 0.25) is 5.91 Å². The van der Waals surface area contributed by atoms with Crippen molar-refractivity contribution in [3.63, 3.8) is 0 Å². The fourth-order valence-electron chi connectivity index (χ4n) is 7.54. The Morgan fingerprint density at radius 2 is 0.964 bits per heavy atom. The Labute approximate surface area is 335 Å². The summed E-state index contributed by atoms with van der Waals surface area (Å²) in [6.45, 7) is 3.17. The third kappa shape index (κ3) is 25.3. The number of aliphatic hydroxyl groups is 7. The molecule has 9 unspecified atom stereocenters. The van der Waals surface area contributed by atoms with E-state index in [1.54, 1.807) is 0 Å². The molecular formula is C44H87NO10. The van der Waals surface area contributed by atoms with Gasteiger partial charge in [0.25, 0.3) is 0 Å². The second kappa shape index (κ2) is 35.1. The van der Waals surface area contributed by atoms with E-state index in [2.05, 4.69) is 12.2 Å². The van der Waals surface area contributed by atoms with E-state index in [9.17, 15) is 40.5 Å². The first-order valence-electron chi connectivity index (χ1n) is 22.9. The lowest BCUT2D eigenvalue weighted by molar-refractivity contribution is -0.303. The Bertz CT molecular complexity index is 866. The molecule has 0 spiro atoms. The molecule has 0 aromatic carbocycles. The summed E-state index contributed by atoms with van der Waals surface area (Å²) >= 11 is 0. The molecule has 328 valence electrons. The molecule has 11 nitrogen and oxygen atoms in total. The molecule has 0 radical (unpaired) electrons. The summed E-state index contributed by atoms with van der Waals surface area (Å²) in [5, 5.41) is 74.3. The minimum atomic E-state index is -1.65. The number of nitrogens with one attached hydrogen (secondary N) is 1. The molecule has 1 saturated heterocycles. The van der Waals surface area contributed by atoms with Gasteiger partial charge in [-0.25, -0.2) is 0 Å². The highest BCUT2D eigenvalue weighted by atomic mass is 16.7. The zero-order valence-corrected chi connectivity index (χ0v) is 35.2. The highest BCUT2D eigenvalue weighted by Crippen LogP contribution is 2.23. The summed E-state index contributed by atoms with van der Waals surface area (Å²) in [6, 6.07) is -1.16. The average Bonchev–Trinajstić information content (AvgIpc) is 3.19. The van der Waals surface area contributed by atoms with Gasteiger partial charge in [-0.05, 0) is 12.8 Å². The molecule has 0 aromatic rings. The zero-order valence-electron chi connectivity index (χ0n) is 35.2. The van der Waals surface area contributed by atoms with Gasteiger partial charge in [0.1, 0.15) is 36.6 Å². The van der Waals surface area contributed by atoms with Crippen molar-refractivity contribution < 1.29 is 50.0 Å². The quantitative estimate of drug-likeness (QED) is 0.0300. The van der Waals surface area contributed by atoms with Crippen LogP contribution in [0.1, 0.15) is 206 Å². The van der Waals surface area contributed by atoms with Crippen molar-refractivity contribution in [2.24, 2.45) is 0 Å². The summed E-state index contributed by atoms with van der Waals surface area (Å²) in [6.07, 6.45) is 24.7. The highest BCUT2D eigenvalue weighted by molar-refractivity contribution is 5.80. The average molecular weight is 790 g/mol. The lowest BCUT2D eigenvalue weighted by Crippen LogP contribution is -2.60. The van der Waals surface area contributed by atoms with Crippen LogP contribution in [0.2, 0.25) is 0 Å². The second-order valence-electron chi connectivity index (χ2n) is 16.5. The number of amides is 1. The molecular weight excluding hydrogens is 702 g/mol. The summed E-state index contributed by atoms with van der Waals surface area (Å²) in [4.78, 5) is 12.9. The van der Waals surface area contributed by atoms with Crippen molar-refractivity contribution in [3.05, 3.63) is 0 Å². The molecule has 1 amide bonds. The molecule has 9 atom stereocenters. The second-order valence-corrected chi connectivity index (χ2v) is 16.5. The predicted octanol–water partition coefficient (Wildman–Crippen LogP) is 7.11. The summed E-state index contributed by atoms with van der Waals surface area (Å²) < 4.78 is 10.9. The normalized spacial score (nSPS) is 22.4. The minimum Gasteiger partial charge on any atom is -0.394 e. The van der Waals surface area contributed by atoms with Crippen LogP contribution in [0, 0.1) is 0 Å². The third-order valence-electron chi connectivity index (χ3n) is 11.4. The van der Waals surface area contributed by atoms with Gasteiger partial charge < -0.3 is 50.5 Å². The summed E-state index contributed by atoms with van der Waals surface area (Å²) in [5.74, 6) is -0.705. The number of ether oxygens (including phenoxy) is 2. The predicted molar refractivity (Wildman–Crippen MR) is 220 cm³/mol. The Morgan fingerprint density at radius 1 is 0.564 bits per heavy atom. The first kappa shape index (κ1) is 52.1. The van der Waals surface area contributed by atoms with Gasteiger partial charge in [-0.1, -0.05) is 194 Å². The van der Waals surface area contributed by atoms with Crippen LogP contribution in [0.25, 0.3) is 0 Å². The van der Waals surface area contributed by atoms with Gasteiger partial charge >= 0.3 is 0 Å². The monoisotopic (exact) mass is 790 g/mol. The smallest absolute Gasteiger partial charge is 0.249 e. The molecule has 1 aliphatic heterocycles. The van der Waals surface area contributed by atoms with Crippen LogP contribution in [0.4, 0.5) is 0 Å². The van der Waals surface area contributed by atoms with Gasteiger partial charge in [0, 0.05) is 0 Å². The maximum atomic E-state index is 12.9. The van der Waals surface area contributed by atoms with Crippen molar-refractivity contribution in [2.75, 3.05) is 13.2 Å². The first-order chi connectivity index (χ1) is 26.7. The zero-order chi connectivity index (χ0) is 40.5. The SMILES string of the molecule is CCCCCCCCCCCCCCCCCCCCCCCCCCCCC(O)C(=O)NC(COC1OC(CO)C(O)C(O)C1O)C(O)C(O)CCCC. The van der Waals surface area contributed by atoms with E-state index in [0.717, 1.165) is 25.7 Å². The van der Waals surface area contributed by atoms with Gasteiger partial charge in [-0.3, -0.25) is 4.79 Å². The Hall–Kier alpha value is -0.890. The molecule has 0 bridgehead atoms. The first-order valence-corrected chi connectivity index (χ1v) is 22.9. The van der Waals surface area contributed by atoms with Gasteiger partial charge in [0.15, 0.2) is 6.29 Å². The van der Waals surface area contributed by atoms with Crippen LogP contribution in [0.5, 0.6) is 0 Å².